The maximum Gasteiger partial charge on any atom is 0.280 e. The largest absolute Gasteiger partial charge is 0.325 e. The molecular formula is C17H19ClN3OS2+. The molecule has 126 valence electrons. The maximum absolute atomic E-state index is 12.3. The summed E-state index contributed by atoms with van der Waals surface area (Å²) in [6, 6.07) is 6.16. The van der Waals surface area contributed by atoms with Crippen LogP contribution in [-0.4, -0.2) is 19.5 Å². The summed E-state index contributed by atoms with van der Waals surface area (Å²) < 4.78 is 0.769. The lowest BCUT2D eigenvalue weighted by Gasteiger charge is -2.12. The molecule has 0 fully saturated rings. The highest BCUT2D eigenvalue weighted by molar-refractivity contribution is 7.16. The number of halogens is 1. The van der Waals surface area contributed by atoms with E-state index in [1.165, 1.54) is 11.3 Å². The Balaban J connectivity index is 1.62. The van der Waals surface area contributed by atoms with Crippen molar-refractivity contribution in [3.8, 4) is 6.07 Å². The summed E-state index contributed by atoms with van der Waals surface area (Å²) >= 11 is 9.05. The molecular weight excluding hydrogens is 362 g/mol. The summed E-state index contributed by atoms with van der Waals surface area (Å²) in [5, 5.41) is 13.1. The van der Waals surface area contributed by atoms with Crippen LogP contribution in [0.2, 0.25) is 4.34 Å². The van der Waals surface area contributed by atoms with Crippen molar-refractivity contribution < 1.29 is 9.69 Å². The van der Waals surface area contributed by atoms with Crippen molar-refractivity contribution in [2.45, 2.75) is 32.2 Å². The van der Waals surface area contributed by atoms with E-state index in [-0.39, 0.29) is 5.91 Å². The highest BCUT2D eigenvalue weighted by Gasteiger charge is 2.22. The lowest BCUT2D eigenvalue weighted by molar-refractivity contribution is -0.884. The zero-order valence-corrected chi connectivity index (χ0v) is 15.8. The summed E-state index contributed by atoms with van der Waals surface area (Å²) in [6.45, 7) is 1.12. The minimum absolute atomic E-state index is 0.0507. The summed E-state index contributed by atoms with van der Waals surface area (Å²) in [5.74, 6) is -0.0507. The van der Waals surface area contributed by atoms with Gasteiger partial charge in [0.1, 0.15) is 17.6 Å². The molecule has 0 aliphatic heterocycles. The van der Waals surface area contributed by atoms with Crippen LogP contribution in [-0.2, 0) is 24.2 Å². The fourth-order valence-electron chi connectivity index (χ4n) is 3.02. The number of nitriles is 1. The molecule has 0 bridgehead atoms. The lowest BCUT2D eigenvalue weighted by Crippen LogP contribution is -3.08. The van der Waals surface area contributed by atoms with Gasteiger partial charge in [-0.3, -0.25) is 4.79 Å². The Morgan fingerprint density at radius 1 is 1.38 bits per heavy atom. The molecule has 2 aromatic rings. The van der Waals surface area contributed by atoms with Gasteiger partial charge in [0.15, 0.2) is 6.54 Å². The van der Waals surface area contributed by atoms with Crippen molar-refractivity contribution in [1.29, 1.82) is 5.26 Å². The Labute approximate surface area is 154 Å². The molecule has 0 saturated carbocycles. The first-order valence-electron chi connectivity index (χ1n) is 7.97. The third kappa shape index (κ3) is 3.98. The van der Waals surface area contributed by atoms with Crippen molar-refractivity contribution in [3.05, 3.63) is 37.4 Å². The molecule has 24 heavy (non-hydrogen) atoms. The number of likely N-dealkylation sites (N-methyl/N-ethyl adjacent to an activating group) is 1. The predicted octanol–water partition coefficient (Wildman–Crippen LogP) is 2.87. The lowest BCUT2D eigenvalue weighted by atomic mass is 9.96. The van der Waals surface area contributed by atoms with E-state index in [4.69, 9.17) is 11.6 Å². The molecule has 3 rings (SSSR count). The zero-order valence-electron chi connectivity index (χ0n) is 13.4. The number of rotatable bonds is 5. The van der Waals surface area contributed by atoms with Crippen LogP contribution < -0.4 is 10.2 Å². The molecule has 0 saturated heterocycles. The van der Waals surface area contributed by atoms with Gasteiger partial charge in [0.25, 0.3) is 5.91 Å². The minimum Gasteiger partial charge on any atom is -0.325 e. The molecule has 2 heterocycles. The number of fused-ring (bicyclic) bond motifs is 1. The van der Waals surface area contributed by atoms with Gasteiger partial charge in [-0.2, -0.15) is 5.26 Å². The van der Waals surface area contributed by atoms with Crippen LogP contribution in [0.5, 0.6) is 0 Å². The van der Waals surface area contributed by atoms with Gasteiger partial charge in [-0.25, -0.2) is 0 Å². The number of nitrogens with one attached hydrogen (secondary N) is 2. The Hall–Kier alpha value is -1.39. The van der Waals surface area contributed by atoms with Crippen LogP contribution in [0.1, 0.15) is 33.7 Å². The second kappa shape index (κ2) is 7.66. The van der Waals surface area contributed by atoms with E-state index >= 15 is 0 Å². The summed E-state index contributed by atoms with van der Waals surface area (Å²) in [5.41, 5.74) is 1.82. The highest BCUT2D eigenvalue weighted by atomic mass is 35.5. The summed E-state index contributed by atoms with van der Waals surface area (Å²) in [7, 11) is 1.98. The van der Waals surface area contributed by atoms with E-state index in [0.717, 1.165) is 50.5 Å². The van der Waals surface area contributed by atoms with Crippen molar-refractivity contribution in [1.82, 2.24) is 0 Å². The molecule has 1 aliphatic carbocycles. The van der Waals surface area contributed by atoms with Gasteiger partial charge in [-0.15, -0.1) is 22.7 Å². The number of carbonyl (C=O) groups excluding carboxylic acids is 1. The van der Waals surface area contributed by atoms with Gasteiger partial charge in [-0.05, 0) is 43.4 Å². The Morgan fingerprint density at radius 3 is 2.88 bits per heavy atom. The monoisotopic (exact) mass is 380 g/mol. The molecule has 0 radical (unpaired) electrons. The fourth-order valence-corrected chi connectivity index (χ4v) is 5.48. The van der Waals surface area contributed by atoms with Gasteiger partial charge in [0.2, 0.25) is 0 Å². The molecule has 1 atom stereocenters. The number of amides is 1. The Bertz CT molecular complexity index is 790. The van der Waals surface area contributed by atoms with Gasteiger partial charge in [-0.1, -0.05) is 11.6 Å². The molecule has 1 unspecified atom stereocenters. The first-order chi connectivity index (χ1) is 11.6. The number of carbonyl (C=O) groups is 1. The molecule has 7 heteroatoms. The van der Waals surface area contributed by atoms with Crippen molar-refractivity contribution >= 4 is 45.2 Å². The first-order valence-corrected chi connectivity index (χ1v) is 9.98. The highest BCUT2D eigenvalue weighted by Crippen LogP contribution is 2.37. The normalized spacial score (nSPS) is 14.7. The average molecular weight is 381 g/mol. The van der Waals surface area contributed by atoms with E-state index in [1.807, 2.05) is 19.2 Å². The fraction of sp³-hybridized carbons (Fsp3) is 0.412. The van der Waals surface area contributed by atoms with Gasteiger partial charge in [0, 0.05) is 4.88 Å². The minimum atomic E-state index is -0.0507. The predicted molar refractivity (Wildman–Crippen MR) is 99.1 cm³/mol. The quantitative estimate of drug-likeness (QED) is 0.837. The first kappa shape index (κ1) is 17.4. The van der Waals surface area contributed by atoms with Crippen LogP contribution in [0, 0.1) is 11.3 Å². The van der Waals surface area contributed by atoms with Crippen LogP contribution in [0.4, 0.5) is 5.00 Å². The zero-order chi connectivity index (χ0) is 17.1. The van der Waals surface area contributed by atoms with Crippen molar-refractivity contribution in [2.75, 3.05) is 18.9 Å². The van der Waals surface area contributed by atoms with E-state index < -0.39 is 0 Å². The van der Waals surface area contributed by atoms with Crippen LogP contribution >= 0.6 is 34.3 Å². The van der Waals surface area contributed by atoms with Gasteiger partial charge >= 0.3 is 0 Å². The standard InChI is InChI=1S/C17H18ClN3OS2/c1-21(9-11-6-7-15(18)23-11)10-16(22)20-17-13(8-19)12-4-2-3-5-14(12)24-17/h6-7H,2-5,9-10H2,1H3,(H,20,22)/p+1. The Morgan fingerprint density at radius 2 is 2.17 bits per heavy atom. The third-order valence-corrected chi connectivity index (χ3v) is 6.54. The van der Waals surface area contributed by atoms with E-state index in [0.29, 0.717) is 12.1 Å². The van der Waals surface area contributed by atoms with Crippen molar-refractivity contribution in [2.24, 2.45) is 0 Å². The Kier molecular flexibility index (Phi) is 5.57. The smallest absolute Gasteiger partial charge is 0.280 e. The van der Waals surface area contributed by atoms with Crippen LogP contribution in [0.3, 0.4) is 0 Å². The number of nitrogens with zero attached hydrogens (tertiary/aromatic N) is 1. The maximum atomic E-state index is 12.3. The third-order valence-electron chi connectivity index (χ3n) is 4.10. The van der Waals surface area contributed by atoms with Crippen LogP contribution in [0.15, 0.2) is 12.1 Å². The number of aryl methyl sites for hydroxylation is 1. The number of quaternary nitrogens is 1. The average Bonchev–Trinajstić information content (AvgIpc) is 3.09. The molecule has 1 amide bonds. The number of hydrogen-bond acceptors (Lipinski definition) is 4. The second-order valence-corrected chi connectivity index (χ2v) is 9.00. The molecule has 0 spiro atoms. The van der Waals surface area contributed by atoms with Gasteiger partial charge in [0.05, 0.1) is 21.8 Å². The van der Waals surface area contributed by atoms with Gasteiger partial charge < -0.3 is 10.2 Å². The number of anilines is 1. The SMILES string of the molecule is C[NH+](CC(=O)Nc1sc2c(c1C#N)CCCC2)Cc1ccc(Cl)s1. The topological polar surface area (TPSA) is 57.3 Å². The van der Waals surface area contributed by atoms with E-state index in [9.17, 15) is 10.1 Å². The molecule has 4 nitrogen and oxygen atoms in total. The molecule has 1 aliphatic rings. The molecule has 2 N–H and O–H groups in total. The summed E-state index contributed by atoms with van der Waals surface area (Å²) in [6.07, 6.45) is 4.27. The number of hydrogen-bond donors (Lipinski definition) is 2. The second-order valence-electron chi connectivity index (χ2n) is 6.09. The van der Waals surface area contributed by atoms with Crippen LogP contribution in [0.25, 0.3) is 0 Å². The van der Waals surface area contributed by atoms with Crippen molar-refractivity contribution in [3.63, 3.8) is 0 Å². The van der Waals surface area contributed by atoms with E-state index in [2.05, 4.69) is 11.4 Å². The number of thiophene rings is 2. The molecule has 2 aromatic heterocycles. The molecule has 0 aromatic carbocycles. The summed E-state index contributed by atoms with van der Waals surface area (Å²) in [4.78, 5) is 15.9. The van der Waals surface area contributed by atoms with E-state index in [1.54, 1.807) is 22.7 Å².